The van der Waals surface area contributed by atoms with Crippen molar-refractivity contribution in [2.75, 3.05) is 0 Å². The Morgan fingerprint density at radius 2 is 1.73 bits per heavy atom. The summed E-state index contributed by atoms with van der Waals surface area (Å²) >= 11 is 0. The van der Waals surface area contributed by atoms with Gasteiger partial charge in [-0.15, -0.1) is 0 Å². The van der Waals surface area contributed by atoms with E-state index in [9.17, 15) is 9.59 Å². The molecule has 0 bridgehead atoms. The fourth-order valence-corrected chi connectivity index (χ4v) is 0.984. The van der Waals surface area contributed by atoms with Gasteiger partial charge >= 0.3 is 0 Å². The topological polar surface area (TPSA) is 71.8 Å². The number of hydrogen-bond acceptors (Lipinski definition) is 5. The van der Waals surface area contributed by atoms with Crippen LogP contribution < -0.4 is 0 Å². The molecule has 0 amide bonds. The van der Waals surface area contributed by atoms with Gasteiger partial charge in [0.15, 0.2) is 17.6 Å². The van der Waals surface area contributed by atoms with Crippen LogP contribution in [0.5, 0.6) is 0 Å². The summed E-state index contributed by atoms with van der Waals surface area (Å²) in [5, 5.41) is 7.48. The Bertz CT molecular complexity index is 373. The molecule has 0 radical (unpaired) electrons. The van der Waals surface area contributed by atoms with Crippen LogP contribution in [0.15, 0.2) is 34.8 Å². The van der Waals surface area contributed by atoms with Gasteiger partial charge in [-0.05, 0) is 26.0 Å². The molecule has 78 valence electrons. The van der Waals surface area contributed by atoms with Crippen LogP contribution in [0.3, 0.4) is 0 Å². The predicted octanol–water partition coefficient (Wildman–Crippen LogP) is 1.71. The number of nitrogens with zero attached hydrogens (tertiary/aromatic N) is 3. The van der Waals surface area contributed by atoms with E-state index in [0.29, 0.717) is 5.69 Å². The molecule has 0 saturated heterocycles. The lowest BCUT2D eigenvalue weighted by molar-refractivity contribution is -0.126. The number of rotatable bonds is 4. The van der Waals surface area contributed by atoms with Gasteiger partial charge in [-0.1, -0.05) is 0 Å². The first-order chi connectivity index (χ1) is 7.11. The SMILES string of the molecule is CC(=O)C(N=Nc1ccncc1)C(C)=O. The number of hydrogen-bond donors (Lipinski definition) is 0. The highest BCUT2D eigenvalue weighted by Crippen LogP contribution is 2.10. The first-order valence-corrected chi connectivity index (χ1v) is 4.43. The van der Waals surface area contributed by atoms with Crippen LogP contribution in [-0.4, -0.2) is 22.6 Å². The number of carbonyl (C=O) groups is 2. The van der Waals surface area contributed by atoms with Crippen molar-refractivity contribution in [3.8, 4) is 0 Å². The van der Waals surface area contributed by atoms with Gasteiger partial charge in [0.1, 0.15) is 0 Å². The molecular weight excluding hydrogens is 194 g/mol. The van der Waals surface area contributed by atoms with E-state index in [2.05, 4.69) is 15.2 Å². The molecule has 0 saturated carbocycles. The molecule has 0 aliphatic carbocycles. The average Bonchev–Trinajstić information content (AvgIpc) is 2.18. The number of carbonyl (C=O) groups excluding carboxylic acids is 2. The Balaban J connectivity index is 2.79. The van der Waals surface area contributed by atoms with Crippen LogP contribution in [0, 0.1) is 0 Å². The lowest BCUT2D eigenvalue weighted by Crippen LogP contribution is -2.23. The molecule has 0 aliphatic heterocycles. The third kappa shape index (κ3) is 3.38. The van der Waals surface area contributed by atoms with Gasteiger partial charge in [0, 0.05) is 12.4 Å². The van der Waals surface area contributed by atoms with Crippen molar-refractivity contribution < 1.29 is 9.59 Å². The predicted molar refractivity (Wildman–Crippen MR) is 53.9 cm³/mol. The molecular formula is C10H11N3O2. The van der Waals surface area contributed by atoms with Gasteiger partial charge in [0.2, 0.25) is 0 Å². The van der Waals surface area contributed by atoms with Crippen molar-refractivity contribution >= 4 is 17.3 Å². The molecule has 0 unspecified atom stereocenters. The van der Waals surface area contributed by atoms with E-state index < -0.39 is 6.04 Å². The highest BCUT2D eigenvalue weighted by atomic mass is 16.2. The fraction of sp³-hybridized carbons (Fsp3) is 0.300. The summed E-state index contributed by atoms with van der Waals surface area (Å²) in [6, 6.07) is 2.29. The van der Waals surface area contributed by atoms with Crippen LogP contribution >= 0.6 is 0 Å². The Labute approximate surface area is 87.2 Å². The van der Waals surface area contributed by atoms with Gasteiger partial charge in [0.05, 0.1) is 5.69 Å². The van der Waals surface area contributed by atoms with Crippen molar-refractivity contribution in [1.82, 2.24) is 4.98 Å². The average molecular weight is 205 g/mol. The maximum Gasteiger partial charge on any atom is 0.187 e. The van der Waals surface area contributed by atoms with Gasteiger partial charge in [-0.3, -0.25) is 14.6 Å². The van der Waals surface area contributed by atoms with Crippen LogP contribution in [0.4, 0.5) is 5.69 Å². The van der Waals surface area contributed by atoms with Crippen molar-refractivity contribution in [3.63, 3.8) is 0 Å². The summed E-state index contributed by atoms with van der Waals surface area (Å²) < 4.78 is 0. The van der Waals surface area contributed by atoms with Gasteiger partial charge < -0.3 is 0 Å². The summed E-state index contributed by atoms with van der Waals surface area (Å²) in [6.07, 6.45) is 3.12. The molecule has 1 aromatic rings. The second-order valence-electron chi connectivity index (χ2n) is 3.04. The van der Waals surface area contributed by atoms with Gasteiger partial charge in [-0.25, -0.2) is 0 Å². The molecule has 0 N–H and O–H groups in total. The van der Waals surface area contributed by atoms with E-state index in [-0.39, 0.29) is 11.6 Å². The normalized spacial score (nSPS) is 10.9. The van der Waals surface area contributed by atoms with E-state index in [1.165, 1.54) is 13.8 Å². The summed E-state index contributed by atoms with van der Waals surface area (Å²) in [7, 11) is 0. The van der Waals surface area contributed by atoms with Crippen LogP contribution in [0.1, 0.15) is 13.8 Å². The zero-order chi connectivity index (χ0) is 11.3. The minimum atomic E-state index is -0.988. The van der Waals surface area contributed by atoms with E-state index >= 15 is 0 Å². The zero-order valence-corrected chi connectivity index (χ0v) is 8.54. The Hall–Kier alpha value is -1.91. The van der Waals surface area contributed by atoms with Crippen molar-refractivity contribution in [2.24, 2.45) is 10.2 Å². The maximum absolute atomic E-state index is 11.0. The van der Waals surface area contributed by atoms with Crippen LogP contribution in [-0.2, 0) is 9.59 Å². The summed E-state index contributed by atoms with van der Waals surface area (Å²) in [6.45, 7) is 2.63. The molecule has 1 aromatic heterocycles. The molecule has 5 nitrogen and oxygen atoms in total. The highest BCUT2D eigenvalue weighted by Gasteiger charge is 2.17. The van der Waals surface area contributed by atoms with E-state index in [1.54, 1.807) is 24.5 Å². The second kappa shape index (κ2) is 5.09. The monoisotopic (exact) mass is 205 g/mol. The lowest BCUT2D eigenvalue weighted by Gasteiger charge is -2.01. The molecule has 1 heterocycles. The first-order valence-electron chi connectivity index (χ1n) is 4.43. The van der Waals surface area contributed by atoms with Gasteiger partial charge in [0.25, 0.3) is 0 Å². The second-order valence-corrected chi connectivity index (χ2v) is 3.04. The quantitative estimate of drug-likeness (QED) is 0.554. The summed E-state index contributed by atoms with van der Waals surface area (Å²) in [4.78, 5) is 25.8. The van der Waals surface area contributed by atoms with E-state index in [0.717, 1.165) is 0 Å². The first kappa shape index (κ1) is 11.2. The lowest BCUT2D eigenvalue weighted by atomic mass is 10.1. The number of aromatic nitrogens is 1. The number of ketones is 2. The van der Waals surface area contributed by atoms with Crippen LogP contribution in [0.25, 0.3) is 0 Å². The molecule has 5 heteroatoms. The van der Waals surface area contributed by atoms with E-state index in [1.807, 2.05) is 0 Å². The molecule has 0 fully saturated rings. The smallest absolute Gasteiger partial charge is 0.187 e. The minimum Gasteiger partial charge on any atom is -0.297 e. The molecule has 1 rings (SSSR count). The Morgan fingerprint density at radius 1 is 1.20 bits per heavy atom. The third-order valence-electron chi connectivity index (χ3n) is 1.72. The van der Waals surface area contributed by atoms with Crippen molar-refractivity contribution in [1.29, 1.82) is 0 Å². The number of Topliss-reactive ketones (excluding diaryl/α,β-unsaturated/α-hetero) is 2. The third-order valence-corrected chi connectivity index (χ3v) is 1.72. The molecule has 0 aliphatic rings. The number of azo groups is 1. The Kier molecular flexibility index (Phi) is 3.79. The zero-order valence-electron chi connectivity index (χ0n) is 8.54. The molecule has 0 atom stereocenters. The Morgan fingerprint density at radius 3 is 2.20 bits per heavy atom. The standard InChI is InChI=1S/C10H11N3O2/c1-7(14)10(8(2)15)13-12-9-3-5-11-6-4-9/h3-6,10H,1-2H3. The maximum atomic E-state index is 11.0. The molecule has 0 spiro atoms. The largest absolute Gasteiger partial charge is 0.297 e. The van der Waals surface area contributed by atoms with Gasteiger partial charge in [-0.2, -0.15) is 10.2 Å². The number of pyridine rings is 1. The molecule has 15 heavy (non-hydrogen) atoms. The summed E-state index contributed by atoms with van der Waals surface area (Å²) in [5.74, 6) is -0.611. The van der Waals surface area contributed by atoms with Crippen LogP contribution in [0.2, 0.25) is 0 Å². The van der Waals surface area contributed by atoms with Crippen molar-refractivity contribution in [2.45, 2.75) is 19.9 Å². The summed E-state index contributed by atoms with van der Waals surface area (Å²) in [5.41, 5.74) is 0.567. The van der Waals surface area contributed by atoms with E-state index in [4.69, 9.17) is 0 Å². The fourth-order valence-electron chi connectivity index (χ4n) is 0.984. The highest BCUT2D eigenvalue weighted by molar-refractivity contribution is 6.04. The van der Waals surface area contributed by atoms with Crippen molar-refractivity contribution in [3.05, 3.63) is 24.5 Å². The molecule has 0 aromatic carbocycles. The minimum absolute atomic E-state index is 0.305.